The third-order valence-electron chi connectivity index (χ3n) is 4.44. The highest BCUT2D eigenvalue weighted by Gasteiger charge is 2.21. The number of amides is 1. The van der Waals surface area contributed by atoms with Gasteiger partial charge >= 0.3 is 0 Å². The lowest BCUT2D eigenvalue weighted by Gasteiger charge is -2.15. The highest BCUT2D eigenvalue weighted by atomic mass is 16.5. The Kier molecular flexibility index (Phi) is 4.39. The number of aryl methyl sites for hydroxylation is 1. The maximum Gasteiger partial charge on any atom is 0.264 e. The van der Waals surface area contributed by atoms with Gasteiger partial charge in [0.2, 0.25) is 11.7 Å². The molecule has 1 aromatic heterocycles. The van der Waals surface area contributed by atoms with Gasteiger partial charge in [-0.2, -0.15) is 4.98 Å². The molecule has 0 radical (unpaired) electrons. The molecule has 132 valence electrons. The van der Waals surface area contributed by atoms with E-state index >= 15 is 0 Å². The van der Waals surface area contributed by atoms with Crippen LogP contribution in [0.3, 0.4) is 0 Å². The zero-order chi connectivity index (χ0) is 17.9. The molecular formula is C20H19N3O3. The zero-order valence-corrected chi connectivity index (χ0v) is 14.5. The van der Waals surface area contributed by atoms with E-state index in [1.54, 1.807) is 4.90 Å². The molecule has 6 nitrogen and oxygen atoms in total. The van der Waals surface area contributed by atoms with Crippen LogP contribution < -0.4 is 9.64 Å². The van der Waals surface area contributed by atoms with Gasteiger partial charge < -0.3 is 14.2 Å². The fraction of sp³-hybridized carbons (Fsp3) is 0.250. The van der Waals surface area contributed by atoms with Gasteiger partial charge in [0.15, 0.2) is 6.61 Å². The Balaban J connectivity index is 1.40. The van der Waals surface area contributed by atoms with E-state index in [1.165, 1.54) is 0 Å². The normalized spacial score (nSPS) is 14.0. The Morgan fingerprint density at radius 1 is 1.15 bits per heavy atom. The quantitative estimate of drug-likeness (QED) is 0.702. The lowest BCUT2D eigenvalue weighted by molar-refractivity contribution is -0.117. The lowest BCUT2D eigenvalue weighted by Crippen LogP contribution is -2.23. The van der Waals surface area contributed by atoms with Gasteiger partial charge in [-0.25, -0.2) is 0 Å². The van der Waals surface area contributed by atoms with Crippen LogP contribution in [-0.4, -0.2) is 22.6 Å². The van der Waals surface area contributed by atoms with E-state index in [-0.39, 0.29) is 12.5 Å². The molecule has 1 amide bonds. The van der Waals surface area contributed by atoms with Crippen LogP contribution >= 0.6 is 0 Å². The first kappa shape index (κ1) is 16.3. The fourth-order valence-corrected chi connectivity index (χ4v) is 3.04. The molecule has 0 spiro atoms. The number of rotatable bonds is 5. The van der Waals surface area contributed by atoms with Crippen LogP contribution in [0.1, 0.15) is 24.3 Å². The number of hydrogen-bond donors (Lipinski definition) is 0. The van der Waals surface area contributed by atoms with Crippen LogP contribution in [-0.2, 0) is 11.4 Å². The molecule has 1 aliphatic rings. The number of hydrogen-bond acceptors (Lipinski definition) is 5. The monoisotopic (exact) mass is 349 g/mol. The maximum absolute atomic E-state index is 11.8. The summed E-state index contributed by atoms with van der Waals surface area (Å²) in [4.78, 5) is 18.0. The maximum atomic E-state index is 11.8. The molecule has 0 atom stereocenters. The first-order valence-corrected chi connectivity index (χ1v) is 8.62. The molecule has 2 aromatic carbocycles. The van der Waals surface area contributed by atoms with Crippen molar-refractivity contribution in [3.05, 3.63) is 60.0 Å². The summed E-state index contributed by atoms with van der Waals surface area (Å²) in [6, 6.07) is 15.4. The molecule has 6 heteroatoms. The van der Waals surface area contributed by atoms with E-state index in [2.05, 4.69) is 10.1 Å². The Labute approximate surface area is 151 Å². The van der Waals surface area contributed by atoms with Gasteiger partial charge in [-0.05, 0) is 43.2 Å². The number of nitrogens with zero attached hydrogens (tertiary/aromatic N) is 3. The molecule has 4 rings (SSSR count). The average Bonchev–Trinajstić information content (AvgIpc) is 3.30. The van der Waals surface area contributed by atoms with E-state index in [9.17, 15) is 4.79 Å². The molecule has 2 heterocycles. The van der Waals surface area contributed by atoms with Crippen molar-refractivity contribution in [1.82, 2.24) is 10.1 Å². The van der Waals surface area contributed by atoms with Crippen molar-refractivity contribution in [2.75, 3.05) is 11.4 Å². The summed E-state index contributed by atoms with van der Waals surface area (Å²) in [7, 11) is 0. The van der Waals surface area contributed by atoms with E-state index in [4.69, 9.17) is 9.26 Å². The van der Waals surface area contributed by atoms with Crippen LogP contribution in [0, 0.1) is 6.92 Å². The largest absolute Gasteiger partial charge is 0.484 e. The van der Waals surface area contributed by atoms with Gasteiger partial charge in [0.1, 0.15) is 5.75 Å². The average molecular weight is 349 g/mol. The number of ether oxygens (including phenoxy) is 1. The highest BCUT2D eigenvalue weighted by molar-refractivity contribution is 5.95. The van der Waals surface area contributed by atoms with Crippen molar-refractivity contribution in [2.45, 2.75) is 26.4 Å². The number of aromatic nitrogens is 2. The predicted octanol–water partition coefficient (Wildman–Crippen LogP) is 3.75. The Morgan fingerprint density at radius 3 is 2.69 bits per heavy atom. The number of benzene rings is 2. The van der Waals surface area contributed by atoms with E-state index in [0.29, 0.717) is 23.9 Å². The van der Waals surface area contributed by atoms with Crippen LogP contribution in [0.2, 0.25) is 0 Å². The summed E-state index contributed by atoms with van der Waals surface area (Å²) in [5, 5.41) is 4.02. The summed E-state index contributed by atoms with van der Waals surface area (Å²) in [5.41, 5.74) is 2.94. The van der Waals surface area contributed by atoms with Crippen molar-refractivity contribution < 1.29 is 14.1 Å². The molecular weight excluding hydrogens is 330 g/mol. The summed E-state index contributed by atoms with van der Waals surface area (Å²) in [6.07, 6.45) is 1.54. The Morgan fingerprint density at radius 2 is 1.96 bits per heavy atom. The van der Waals surface area contributed by atoms with E-state index in [1.807, 2.05) is 55.5 Å². The highest BCUT2D eigenvalue weighted by Crippen LogP contribution is 2.25. The van der Waals surface area contributed by atoms with Crippen molar-refractivity contribution in [3.63, 3.8) is 0 Å². The minimum absolute atomic E-state index is 0.174. The smallest absolute Gasteiger partial charge is 0.264 e. The molecule has 1 aliphatic heterocycles. The number of anilines is 1. The molecule has 0 saturated carbocycles. The molecule has 3 aromatic rings. The van der Waals surface area contributed by atoms with E-state index in [0.717, 1.165) is 29.8 Å². The van der Waals surface area contributed by atoms with Crippen LogP contribution in [0.4, 0.5) is 5.69 Å². The third kappa shape index (κ3) is 3.31. The van der Waals surface area contributed by atoms with Crippen molar-refractivity contribution in [2.24, 2.45) is 0 Å². The first-order chi connectivity index (χ1) is 12.7. The summed E-state index contributed by atoms with van der Waals surface area (Å²) in [5.74, 6) is 1.84. The first-order valence-electron chi connectivity index (χ1n) is 8.62. The molecule has 1 fully saturated rings. The van der Waals surface area contributed by atoms with Gasteiger partial charge in [0, 0.05) is 24.2 Å². The van der Waals surface area contributed by atoms with Gasteiger partial charge in [-0.15, -0.1) is 0 Å². The molecule has 0 unspecified atom stereocenters. The topological polar surface area (TPSA) is 68.5 Å². The van der Waals surface area contributed by atoms with Crippen LogP contribution in [0.5, 0.6) is 5.75 Å². The van der Waals surface area contributed by atoms with Crippen LogP contribution in [0.15, 0.2) is 53.1 Å². The minimum Gasteiger partial charge on any atom is -0.484 e. The summed E-state index contributed by atoms with van der Waals surface area (Å²) >= 11 is 0. The molecule has 0 bridgehead atoms. The van der Waals surface area contributed by atoms with Gasteiger partial charge in [0.05, 0.1) is 0 Å². The zero-order valence-electron chi connectivity index (χ0n) is 14.5. The lowest BCUT2D eigenvalue weighted by atomic mass is 10.1. The molecule has 0 N–H and O–H groups in total. The fourth-order valence-electron chi connectivity index (χ4n) is 3.04. The van der Waals surface area contributed by atoms with Gasteiger partial charge in [-0.3, -0.25) is 4.79 Å². The number of carbonyl (C=O) groups is 1. The van der Waals surface area contributed by atoms with Gasteiger partial charge in [-0.1, -0.05) is 29.4 Å². The predicted molar refractivity (Wildman–Crippen MR) is 96.8 cm³/mol. The molecule has 26 heavy (non-hydrogen) atoms. The second-order valence-electron chi connectivity index (χ2n) is 6.26. The summed E-state index contributed by atoms with van der Waals surface area (Å²) in [6.45, 7) is 2.98. The SMILES string of the molecule is Cc1ccccc1-c1noc(COc2ccc(N3CCCC3=O)cc2)n1. The second kappa shape index (κ2) is 7.00. The Bertz CT molecular complexity index is 918. The third-order valence-corrected chi connectivity index (χ3v) is 4.44. The standard InChI is InChI=1S/C20H19N3O3/c1-14-5-2-3-6-17(14)20-21-18(26-22-20)13-25-16-10-8-15(9-11-16)23-12-4-7-19(23)24/h2-3,5-6,8-11H,4,7,12-13H2,1H3. The minimum atomic E-state index is 0.174. The summed E-state index contributed by atoms with van der Waals surface area (Å²) < 4.78 is 11.0. The second-order valence-corrected chi connectivity index (χ2v) is 6.26. The molecule has 0 aliphatic carbocycles. The van der Waals surface area contributed by atoms with Gasteiger partial charge in [0.25, 0.3) is 5.89 Å². The van der Waals surface area contributed by atoms with Crippen molar-refractivity contribution >= 4 is 11.6 Å². The van der Waals surface area contributed by atoms with Crippen LogP contribution in [0.25, 0.3) is 11.4 Å². The van der Waals surface area contributed by atoms with E-state index < -0.39 is 0 Å². The number of carbonyl (C=O) groups excluding carboxylic acids is 1. The van der Waals surface area contributed by atoms with Crippen molar-refractivity contribution in [1.29, 1.82) is 0 Å². The molecule has 1 saturated heterocycles. The Hall–Kier alpha value is -3.15. The van der Waals surface area contributed by atoms with Crippen molar-refractivity contribution in [3.8, 4) is 17.1 Å².